The molecule has 0 unspecified atom stereocenters. The molecule has 6 heteroatoms. The van der Waals surface area contributed by atoms with Gasteiger partial charge in [-0.3, -0.25) is 0 Å². The van der Waals surface area contributed by atoms with Gasteiger partial charge in [-0.15, -0.1) is 11.3 Å². The number of nitrogens with one attached hydrogen (secondary N) is 1. The van der Waals surface area contributed by atoms with Crippen LogP contribution < -0.4 is 11.1 Å². The average molecular weight is 273 g/mol. The third-order valence-electron chi connectivity index (χ3n) is 2.78. The number of rotatable bonds is 4. The Bertz CT molecular complexity index is 686. The molecule has 0 amide bonds. The minimum atomic E-state index is 0.585. The van der Waals surface area contributed by atoms with Crippen molar-refractivity contribution in [2.24, 2.45) is 5.73 Å². The highest BCUT2D eigenvalue weighted by atomic mass is 32.1. The smallest absolute Gasteiger partial charge is 0.158 e. The van der Waals surface area contributed by atoms with Crippen molar-refractivity contribution >= 4 is 22.8 Å². The Labute approximate surface area is 115 Å². The van der Waals surface area contributed by atoms with Gasteiger partial charge in [-0.2, -0.15) is 9.61 Å². The van der Waals surface area contributed by atoms with Gasteiger partial charge < -0.3 is 11.1 Å². The minimum Gasteiger partial charge on any atom is -0.369 e. The molecule has 98 valence electrons. The number of thiophene rings is 1. The van der Waals surface area contributed by atoms with Crippen molar-refractivity contribution in [1.82, 2.24) is 14.6 Å². The zero-order valence-electron chi connectivity index (χ0n) is 10.6. The summed E-state index contributed by atoms with van der Waals surface area (Å²) in [6.07, 6.45) is 0. The minimum absolute atomic E-state index is 0.585. The predicted octanol–water partition coefficient (Wildman–Crippen LogP) is 2.14. The number of aromatic nitrogens is 3. The van der Waals surface area contributed by atoms with Gasteiger partial charge in [0.15, 0.2) is 5.65 Å². The first kappa shape index (κ1) is 12.1. The van der Waals surface area contributed by atoms with E-state index in [-0.39, 0.29) is 0 Å². The molecule has 0 saturated carbocycles. The Morgan fingerprint density at radius 1 is 1.42 bits per heavy atom. The van der Waals surface area contributed by atoms with Crippen LogP contribution in [0.2, 0.25) is 0 Å². The van der Waals surface area contributed by atoms with Crippen LogP contribution in [0.15, 0.2) is 29.6 Å². The Kier molecular flexibility index (Phi) is 3.18. The maximum Gasteiger partial charge on any atom is 0.158 e. The first-order chi connectivity index (χ1) is 9.28. The monoisotopic (exact) mass is 273 g/mol. The van der Waals surface area contributed by atoms with Crippen LogP contribution in [0.3, 0.4) is 0 Å². The van der Waals surface area contributed by atoms with Gasteiger partial charge >= 0.3 is 0 Å². The Morgan fingerprint density at radius 2 is 2.32 bits per heavy atom. The highest BCUT2D eigenvalue weighted by Crippen LogP contribution is 2.25. The number of fused-ring (bicyclic) bond motifs is 1. The van der Waals surface area contributed by atoms with E-state index in [1.807, 2.05) is 35.0 Å². The molecule has 0 radical (unpaired) electrons. The molecule has 0 aliphatic carbocycles. The second-order valence-corrected chi connectivity index (χ2v) is 5.22. The third-order valence-corrected chi connectivity index (χ3v) is 3.67. The van der Waals surface area contributed by atoms with Gasteiger partial charge in [-0.05, 0) is 18.4 Å². The Balaban J connectivity index is 2.10. The van der Waals surface area contributed by atoms with Gasteiger partial charge in [0.05, 0.1) is 4.88 Å². The molecule has 0 saturated heterocycles. The van der Waals surface area contributed by atoms with Crippen LogP contribution in [0.5, 0.6) is 0 Å². The van der Waals surface area contributed by atoms with Crippen LogP contribution in [0, 0.1) is 6.92 Å². The highest BCUT2D eigenvalue weighted by Gasteiger charge is 2.09. The average Bonchev–Trinajstić information content (AvgIpc) is 3.03. The summed E-state index contributed by atoms with van der Waals surface area (Å²) in [5, 5.41) is 9.93. The van der Waals surface area contributed by atoms with E-state index in [9.17, 15) is 0 Å². The van der Waals surface area contributed by atoms with Crippen molar-refractivity contribution in [3.63, 3.8) is 0 Å². The predicted molar refractivity (Wildman–Crippen MR) is 78.6 cm³/mol. The van der Waals surface area contributed by atoms with E-state index in [2.05, 4.69) is 21.5 Å². The molecule has 0 bridgehead atoms. The molecule has 19 heavy (non-hydrogen) atoms. The van der Waals surface area contributed by atoms with Gasteiger partial charge in [0.2, 0.25) is 0 Å². The zero-order chi connectivity index (χ0) is 13.2. The van der Waals surface area contributed by atoms with Gasteiger partial charge in [-0.1, -0.05) is 6.07 Å². The number of hydrogen-bond donors (Lipinski definition) is 2. The lowest BCUT2D eigenvalue weighted by atomic mass is 10.3. The Morgan fingerprint density at radius 3 is 3.05 bits per heavy atom. The fourth-order valence-electron chi connectivity index (χ4n) is 1.97. The normalized spacial score (nSPS) is 11.1. The van der Waals surface area contributed by atoms with Crippen LogP contribution in [0.1, 0.15) is 5.69 Å². The number of nitrogens with zero attached hydrogens (tertiary/aromatic N) is 3. The lowest BCUT2D eigenvalue weighted by Gasteiger charge is -2.07. The van der Waals surface area contributed by atoms with Crippen molar-refractivity contribution in [1.29, 1.82) is 0 Å². The van der Waals surface area contributed by atoms with Gasteiger partial charge in [0, 0.05) is 30.9 Å². The summed E-state index contributed by atoms with van der Waals surface area (Å²) in [5.41, 5.74) is 8.30. The fourth-order valence-corrected chi connectivity index (χ4v) is 2.65. The number of nitrogens with two attached hydrogens (primary N) is 1. The topological polar surface area (TPSA) is 68.2 Å². The zero-order valence-corrected chi connectivity index (χ0v) is 11.4. The molecule has 0 aliphatic rings. The summed E-state index contributed by atoms with van der Waals surface area (Å²) >= 11 is 1.68. The SMILES string of the molecule is Cc1cc(NCCN)n2nc(-c3cccs3)cc2n1. The summed E-state index contributed by atoms with van der Waals surface area (Å²) in [7, 11) is 0. The molecule has 3 rings (SSSR count). The van der Waals surface area contributed by atoms with Crippen LogP contribution in [0.4, 0.5) is 5.82 Å². The molecule has 5 nitrogen and oxygen atoms in total. The maximum absolute atomic E-state index is 5.53. The molecule has 0 fully saturated rings. The lowest BCUT2D eigenvalue weighted by molar-refractivity contribution is 0.912. The summed E-state index contributed by atoms with van der Waals surface area (Å²) in [4.78, 5) is 5.65. The van der Waals surface area contributed by atoms with E-state index < -0.39 is 0 Å². The van der Waals surface area contributed by atoms with Gasteiger partial charge in [-0.25, -0.2) is 4.98 Å². The van der Waals surface area contributed by atoms with Gasteiger partial charge in [0.25, 0.3) is 0 Å². The summed E-state index contributed by atoms with van der Waals surface area (Å²) in [6, 6.07) is 8.07. The molecule has 0 aromatic carbocycles. The molecule has 3 aromatic rings. The largest absolute Gasteiger partial charge is 0.369 e. The van der Waals surface area contributed by atoms with E-state index in [0.29, 0.717) is 13.1 Å². The summed E-state index contributed by atoms with van der Waals surface area (Å²) < 4.78 is 1.83. The van der Waals surface area contributed by atoms with Crippen molar-refractivity contribution in [2.75, 3.05) is 18.4 Å². The molecule has 3 aromatic heterocycles. The van der Waals surface area contributed by atoms with E-state index in [0.717, 1.165) is 27.7 Å². The van der Waals surface area contributed by atoms with Crippen molar-refractivity contribution in [2.45, 2.75) is 6.92 Å². The fraction of sp³-hybridized carbons (Fsp3) is 0.231. The van der Waals surface area contributed by atoms with Crippen molar-refractivity contribution in [3.8, 4) is 10.6 Å². The van der Waals surface area contributed by atoms with Crippen LogP contribution in [-0.4, -0.2) is 27.7 Å². The van der Waals surface area contributed by atoms with E-state index in [4.69, 9.17) is 5.73 Å². The van der Waals surface area contributed by atoms with Gasteiger partial charge in [0.1, 0.15) is 11.5 Å². The van der Waals surface area contributed by atoms with Crippen molar-refractivity contribution in [3.05, 3.63) is 35.3 Å². The van der Waals surface area contributed by atoms with E-state index >= 15 is 0 Å². The quantitative estimate of drug-likeness (QED) is 0.764. The number of aryl methyl sites for hydroxylation is 1. The molecule has 3 heterocycles. The first-order valence-corrected chi connectivity index (χ1v) is 7.01. The number of anilines is 1. The lowest BCUT2D eigenvalue weighted by Crippen LogP contribution is -2.15. The number of hydrogen-bond acceptors (Lipinski definition) is 5. The molecule has 0 spiro atoms. The van der Waals surface area contributed by atoms with Crippen LogP contribution >= 0.6 is 11.3 Å². The van der Waals surface area contributed by atoms with E-state index in [1.54, 1.807) is 11.3 Å². The van der Waals surface area contributed by atoms with Crippen LogP contribution in [-0.2, 0) is 0 Å². The highest BCUT2D eigenvalue weighted by molar-refractivity contribution is 7.13. The molecule has 0 aliphatic heterocycles. The molecular formula is C13H15N5S. The summed E-state index contributed by atoms with van der Waals surface area (Å²) in [5.74, 6) is 0.927. The standard InChI is InChI=1S/C13H15N5S/c1-9-7-12(15-5-4-14)18-13(16-9)8-10(17-18)11-3-2-6-19-11/h2-3,6-8,15H,4-5,14H2,1H3. The van der Waals surface area contributed by atoms with E-state index in [1.165, 1.54) is 0 Å². The third kappa shape index (κ3) is 2.32. The second kappa shape index (κ2) is 4.99. The van der Waals surface area contributed by atoms with Crippen LogP contribution in [0.25, 0.3) is 16.2 Å². The summed E-state index contributed by atoms with van der Waals surface area (Å²) in [6.45, 7) is 3.28. The second-order valence-electron chi connectivity index (χ2n) is 4.28. The van der Waals surface area contributed by atoms with Crippen molar-refractivity contribution < 1.29 is 0 Å². The molecular weight excluding hydrogens is 258 g/mol. The maximum atomic E-state index is 5.53. The Hall–Kier alpha value is -1.92. The first-order valence-electron chi connectivity index (χ1n) is 6.13. The molecule has 0 atom stereocenters. The molecule has 3 N–H and O–H groups in total.